The number of carbonyl (C=O) groups is 1. The Hall–Kier alpha value is -2.05. The Morgan fingerprint density at radius 3 is 2.48 bits per heavy atom. The Morgan fingerprint density at radius 2 is 1.80 bits per heavy atom. The fourth-order valence-corrected chi connectivity index (χ4v) is 3.10. The number of benzene rings is 2. The smallest absolute Gasteiger partial charge is 0.238 e. The maximum Gasteiger partial charge on any atom is 0.238 e. The number of likely N-dealkylation sites (N-methyl/N-ethyl adjacent to an activating group) is 1. The second-order valence-corrected chi connectivity index (χ2v) is 7.03. The van der Waals surface area contributed by atoms with Crippen LogP contribution >= 0.6 is 15.9 Å². The quantitative estimate of drug-likeness (QED) is 0.826. The summed E-state index contributed by atoms with van der Waals surface area (Å²) in [6, 6.07) is 11.7. The van der Waals surface area contributed by atoms with Gasteiger partial charge in [0.2, 0.25) is 5.91 Å². The molecule has 1 aliphatic heterocycles. The van der Waals surface area contributed by atoms with Gasteiger partial charge in [0.1, 0.15) is 13.2 Å². The average molecular weight is 405 g/mol. The van der Waals surface area contributed by atoms with Gasteiger partial charge in [-0.1, -0.05) is 33.6 Å². The lowest BCUT2D eigenvalue weighted by atomic mass is 10.2. The van der Waals surface area contributed by atoms with Gasteiger partial charge in [0.15, 0.2) is 11.5 Å². The van der Waals surface area contributed by atoms with Crippen molar-refractivity contribution in [2.45, 2.75) is 13.5 Å². The normalized spacial score (nSPS) is 13.0. The zero-order valence-electron chi connectivity index (χ0n) is 14.3. The number of carbonyl (C=O) groups excluding carboxylic acids is 1. The molecule has 0 radical (unpaired) electrons. The van der Waals surface area contributed by atoms with E-state index in [4.69, 9.17) is 9.47 Å². The number of rotatable bonds is 5. The molecule has 0 saturated carbocycles. The highest BCUT2D eigenvalue weighted by atomic mass is 79.9. The van der Waals surface area contributed by atoms with Crippen LogP contribution in [-0.4, -0.2) is 37.6 Å². The van der Waals surface area contributed by atoms with Crippen molar-refractivity contribution in [3.63, 3.8) is 0 Å². The van der Waals surface area contributed by atoms with Crippen LogP contribution in [-0.2, 0) is 11.3 Å². The molecule has 0 saturated heterocycles. The first-order valence-electron chi connectivity index (χ1n) is 8.14. The Morgan fingerprint density at radius 1 is 1.16 bits per heavy atom. The van der Waals surface area contributed by atoms with Crippen molar-refractivity contribution < 1.29 is 14.3 Å². The third kappa shape index (κ3) is 4.74. The first kappa shape index (κ1) is 17.8. The van der Waals surface area contributed by atoms with E-state index < -0.39 is 0 Å². The molecular weight excluding hydrogens is 384 g/mol. The van der Waals surface area contributed by atoms with Crippen LogP contribution in [0.25, 0.3) is 0 Å². The van der Waals surface area contributed by atoms with Gasteiger partial charge >= 0.3 is 0 Å². The van der Waals surface area contributed by atoms with Crippen molar-refractivity contribution in [2.75, 3.05) is 32.1 Å². The van der Waals surface area contributed by atoms with Crippen LogP contribution in [0.1, 0.15) is 11.1 Å². The SMILES string of the molecule is Cc1ccc(NC(=O)CN(C)Cc2cc3c(cc2Br)OCCO3)cc1. The number of amides is 1. The Kier molecular flexibility index (Phi) is 5.60. The van der Waals surface area contributed by atoms with E-state index in [0.29, 0.717) is 26.3 Å². The summed E-state index contributed by atoms with van der Waals surface area (Å²) >= 11 is 3.57. The first-order chi connectivity index (χ1) is 12.0. The zero-order chi connectivity index (χ0) is 17.8. The van der Waals surface area contributed by atoms with Crippen LogP contribution in [0, 0.1) is 6.92 Å². The Balaban J connectivity index is 1.59. The predicted molar refractivity (Wildman–Crippen MR) is 101 cm³/mol. The number of nitrogens with zero attached hydrogens (tertiary/aromatic N) is 1. The molecule has 1 amide bonds. The van der Waals surface area contributed by atoms with Gasteiger partial charge in [-0.25, -0.2) is 0 Å². The Labute approximate surface area is 156 Å². The van der Waals surface area contributed by atoms with E-state index in [2.05, 4.69) is 21.2 Å². The van der Waals surface area contributed by atoms with Crippen molar-refractivity contribution in [1.82, 2.24) is 4.90 Å². The van der Waals surface area contributed by atoms with E-state index >= 15 is 0 Å². The van der Waals surface area contributed by atoms with E-state index in [0.717, 1.165) is 27.2 Å². The highest BCUT2D eigenvalue weighted by Gasteiger charge is 2.16. The molecule has 1 heterocycles. The van der Waals surface area contributed by atoms with Crippen LogP contribution in [0.5, 0.6) is 11.5 Å². The second kappa shape index (κ2) is 7.89. The van der Waals surface area contributed by atoms with Crippen LogP contribution in [0.4, 0.5) is 5.69 Å². The van der Waals surface area contributed by atoms with E-state index in [-0.39, 0.29) is 5.91 Å². The number of fused-ring (bicyclic) bond motifs is 1. The molecule has 0 aromatic heterocycles. The molecule has 0 spiro atoms. The molecule has 25 heavy (non-hydrogen) atoms. The summed E-state index contributed by atoms with van der Waals surface area (Å²) < 4.78 is 12.1. The van der Waals surface area contributed by atoms with Gasteiger partial charge < -0.3 is 14.8 Å². The summed E-state index contributed by atoms with van der Waals surface area (Å²) in [7, 11) is 1.91. The molecule has 2 aromatic rings. The van der Waals surface area contributed by atoms with Gasteiger partial charge in [0, 0.05) is 16.7 Å². The van der Waals surface area contributed by atoms with Crippen molar-refractivity contribution in [1.29, 1.82) is 0 Å². The summed E-state index contributed by atoms with van der Waals surface area (Å²) in [4.78, 5) is 14.2. The second-order valence-electron chi connectivity index (χ2n) is 6.17. The molecule has 0 aliphatic carbocycles. The Bertz CT molecular complexity index is 762. The topological polar surface area (TPSA) is 50.8 Å². The van der Waals surface area contributed by atoms with E-state index in [1.165, 1.54) is 5.56 Å². The molecule has 0 unspecified atom stereocenters. The average Bonchev–Trinajstić information content (AvgIpc) is 2.57. The maximum atomic E-state index is 12.2. The van der Waals surface area contributed by atoms with Gasteiger partial charge in [-0.3, -0.25) is 9.69 Å². The van der Waals surface area contributed by atoms with Crippen LogP contribution < -0.4 is 14.8 Å². The van der Waals surface area contributed by atoms with Crippen molar-refractivity contribution in [2.24, 2.45) is 0 Å². The number of hydrogen-bond donors (Lipinski definition) is 1. The lowest BCUT2D eigenvalue weighted by Crippen LogP contribution is -2.30. The van der Waals surface area contributed by atoms with Gasteiger partial charge in [-0.2, -0.15) is 0 Å². The standard InChI is InChI=1S/C19H21BrN2O3/c1-13-3-5-15(6-4-13)21-19(23)12-22(2)11-14-9-17-18(10-16(14)20)25-8-7-24-17/h3-6,9-10H,7-8,11-12H2,1-2H3,(H,21,23). The molecule has 0 atom stereocenters. The van der Waals surface area contributed by atoms with Crippen LogP contribution in [0.15, 0.2) is 40.9 Å². The molecule has 132 valence electrons. The van der Waals surface area contributed by atoms with Crippen LogP contribution in [0.3, 0.4) is 0 Å². The molecule has 1 N–H and O–H groups in total. The van der Waals surface area contributed by atoms with Crippen molar-refractivity contribution in [3.05, 3.63) is 52.0 Å². The lowest BCUT2D eigenvalue weighted by molar-refractivity contribution is -0.117. The molecule has 5 nitrogen and oxygen atoms in total. The van der Waals surface area contributed by atoms with Gasteiger partial charge in [0.25, 0.3) is 0 Å². The predicted octanol–water partition coefficient (Wildman–Crippen LogP) is 3.60. The molecule has 3 rings (SSSR count). The highest BCUT2D eigenvalue weighted by Crippen LogP contribution is 2.35. The number of hydrogen-bond acceptors (Lipinski definition) is 4. The monoisotopic (exact) mass is 404 g/mol. The van der Waals surface area contributed by atoms with Crippen LogP contribution in [0.2, 0.25) is 0 Å². The zero-order valence-corrected chi connectivity index (χ0v) is 15.9. The summed E-state index contributed by atoms with van der Waals surface area (Å²) in [5.74, 6) is 1.46. The first-order valence-corrected chi connectivity index (χ1v) is 8.93. The summed E-state index contributed by atoms with van der Waals surface area (Å²) in [6.45, 7) is 4.07. The van der Waals surface area contributed by atoms with Gasteiger partial charge in [-0.05, 0) is 43.8 Å². The number of anilines is 1. The minimum absolute atomic E-state index is 0.0416. The number of nitrogens with one attached hydrogen (secondary N) is 1. The summed E-state index contributed by atoms with van der Waals surface area (Å²) in [6.07, 6.45) is 0. The van der Waals surface area contributed by atoms with E-state index in [1.54, 1.807) is 0 Å². The number of ether oxygens (including phenoxy) is 2. The number of aryl methyl sites for hydroxylation is 1. The fourth-order valence-electron chi connectivity index (χ4n) is 2.66. The lowest BCUT2D eigenvalue weighted by Gasteiger charge is -2.22. The molecular formula is C19H21BrN2O3. The van der Waals surface area contributed by atoms with Crippen molar-refractivity contribution >= 4 is 27.5 Å². The molecule has 1 aliphatic rings. The van der Waals surface area contributed by atoms with Gasteiger partial charge in [0.05, 0.1) is 6.54 Å². The molecule has 2 aromatic carbocycles. The third-order valence-electron chi connectivity index (χ3n) is 3.90. The maximum absolute atomic E-state index is 12.2. The highest BCUT2D eigenvalue weighted by molar-refractivity contribution is 9.10. The fraction of sp³-hybridized carbons (Fsp3) is 0.316. The minimum atomic E-state index is -0.0416. The molecule has 0 bridgehead atoms. The number of halogens is 1. The summed E-state index contributed by atoms with van der Waals surface area (Å²) in [5.41, 5.74) is 3.03. The van der Waals surface area contributed by atoms with E-state index in [1.807, 2.05) is 55.3 Å². The minimum Gasteiger partial charge on any atom is -0.486 e. The molecule has 6 heteroatoms. The largest absolute Gasteiger partial charge is 0.486 e. The third-order valence-corrected chi connectivity index (χ3v) is 4.64. The molecule has 0 fully saturated rings. The van der Waals surface area contributed by atoms with E-state index in [9.17, 15) is 4.79 Å². The van der Waals surface area contributed by atoms with Gasteiger partial charge in [-0.15, -0.1) is 0 Å². The summed E-state index contributed by atoms with van der Waals surface area (Å²) in [5, 5.41) is 2.91. The van der Waals surface area contributed by atoms with Crippen molar-refractivity contribution in [3.8, 4) is 11.5 Å².